The third-order valence-corrected chi connectivity index (χ3v) is 4.83. The maximum absolute atomic E-state index is 11.5. The van der Waals surface area contributed by atoms with Gasteiger partial charge in [0.25, 0.3) is 0 Å². The van der Waals surface area contributed by atoms with Crippen LogP contribution in [0.3, 0.4) is 0 Å². The zero-order valence-electron chi connectivity index (χ0n) is 14.2. The van der Waals surface area contributed by atoms with Crippen molar-refractivity contribution in [1.29, 1.82) is 0 Å². The number of fused-ring (bicyclic) bond motifs is 1. The van der Waals surface area contributed by atoms with Crippen molar-refractivity contribution in [2.75, 3.05) is 23.2 Å². The molecule has 0 saturated carbocycles. The highest BCUT2D eigenvalue weighted by atomic mass is 32.2. The van der Waals surface area contributed by atoms with Crippen LogP contribution in [-0.2, 0) is 6.42 Å². The van der Waals surface area contributed by atoms with Crippen molar-refractivity contribution in [3.05, 3.63) is 47.5 Å². The minimum atomic E-state index is -0.984. The first-order chi connectivity index (χ1) is 12.2. The summed E-state index contributed by atoms with van der Waals surface area (Å²) in [5.74, 6) is -0.564. The summed E-state index contributed by atoms with van der Waals surface area (Å²) in [4.78, 5) is 12.3. The van der Waals surface area contributed by atoms with Gasteiger partial charge in [0.05, 0.1) is 5.69 Å². The summed E-state index contributed by atoms with van der Waals surface area (Å²) in [7, 11) is 0. The highest BCUT2D eigenvalue weighted by molar-refractivity contribution is 8.00. The smallest absolute Gasteiger partial charge is 0.339 e. The molecule has 6 heteroatoms. The number of hydrogen-bond donors (Lipinski definition) is 3. The van der Waals surface area contributed by atoms with E-state index in [0.717, 1.165) is 22.7 Å². The quantitative estimate of drug-likeness (QED) is 0.626. The van der Waals surface area contributed by atoms with Gasteiger partial charge in [-0.3, -0.25) is 0 Å². The Morgan fingerprint density at radius 3 is 2.84 bits per heavy atom. The van der Waals surface area contributed by atoms with E-state index in [0.29, 0.717) is 18.9 Å². The fraction of sp³-hybridized carbons (Fsp3) is 0.316. The largest absolute Gasteiger partial charge is 0.489 e. The molecule has 0 spiro atoms. The first kappa shape index (κ1) is 17.5. The number of rotatable bonds is 7. The zero-order chi connectivity index (χ0) is 17.6. The van der Waals surface area contributed by atoms with E-state index in [9.17, 15) is 9.90 Å². The van der Waals surface area contributed by atoms with Gasteiger partial charge in [-0.25, -0.2) is 4.79 Å². The highest BCUT2D eigenvalue weighted by Crippen LogP contribution is 2.36. The van der Waals surface area contributed by atoms with Gasteiger partial charge in [0.2, 0.25) is 0 Å². The second-order valence-corrected chi connectivity index (χ2v) is 6.81. The van der Waals surface area contributed by atoms with Gasteiger partial charge in [0.1, 0.15) is 12.2 Å². The van der Waals surface area contributed by atoms with E-state index in [4.69, 9.17) is 4.74 Å². The molecule has 0 bridgehead atoms. The van der Waals surface area contributed by atoms with Crippen LogP contribution in [0.2, 0.25) is 0 Å². The molecule has 1 aliphatic rings. The van der Waals surface area contributed by atoms with Crippen molar-refractivity contribution >= 4 is 29.3 Å². The number of aromatic carboxylic acids is 1. The molecule has 0 atom stereocenters. The van der Waals surface area contributed by atoms with Crippen LogP contribution >= 0.6 is 11.9 Å². The van der Waals surface area contributed by atoms with E-state index in [-0.39, 0.29) is 5.56 Å². The van der Waals surface area contributed by atoms with Crippen molar-refractivity contribution in [2.45, 2.75) is 31.1 Å². The molecule has 0 aromatic heterocycles. The van der Waals surface area contributed by atoms with E-state index in [1.165, 1.54) is 30.4 Å². The molecule has 0 aliphatic carbocycles. The number of carbonyl (C=O) groups is 1. The average Bonchev–Trinajstić information content (AvgIpc) is 2.64. The number of carboxylic acids is 1. The van der Waals surface area contributed by atoms with Gasteiger partial charge in [-0.2, -0.15) is 0 Å². The third-order valence-electron chi connectivity index (χ3n) is 4.02. The standard InChI is InChI=1S/C19H22N2O3S/c1-2-3-4-13-5-7-14(8-6-13)21-25-15-11-16(19(22)23)18-17(12-15)20-9-10-24-18/h5-8,11-12,20-21H,2-4,9-10H2,1H3,(H,22,23). The molecule has 2 aromatic carbocycles. The van der Waals surface area contributed by atoms with Crippen LogP contribution in [0.15, 0.2) is 41.3 Å². The summed E-state index contributed by atoms with van der Waals surface area (Å²) in [5.41, 5.74) is 3.24. The summed E-state index contributed by atoms with van der Waals surface area (Å²) in [6.07, 6.45) is 3.49. The van der Waals surface area contributed by atoms with E-state index in [1.807, 2.05) is 6.07 Å². The Kier molecular flexibility index (Phi) is 5.71. The van der Waals surface area contributed by atoms with Crippen LogP contribution in [0.1, 0.15) is 35.7 Å². The van der Waals surface area contributed by atoms with Gasteiger partial charge in [0, 0.05) is 17.1 Å². The normalized spacial score (nSPS) is 12.7. The molecule has 0 radical (unpaired) electrons. The Balaban J connectivity index is 1.70. The van der Waals surface area contributed by atoms with Gasteiger partial charge < -0.3 is 19.9 Å². The van der Waals surface area contributed by atoms with Crippen LogP contribution in [0.5, 0.6) is 5.75 Å². The topological polar surface area (TPSA) is 70.6 Å². The fourth-order valence-electron chi connectivity index (χ4n) is 2.68. The molecule has 1 heterocycles. The highest BCUT2D eigenvalue weighted by Gasteiger charge is 2.20. The molecule has 3 N–H and O–H groups in total. The predicted molar refractivity (Wildman–Crippen MR) is 102 cm³/mol. The summed E-state index contributed by atoms with van der Waals surface area (Å²) in [6, 6.07) is 11.9. The third kappa shape index (κ3) is 4.39. The molecule has 132 valence electrons. The van der Waals surface area contributed by atoms with E-state index < -0.39 is 5.97 Å². The van der Waals surface area contributed by atoms with Gasteiger partial charge in [-0.15, -0.1) is 0 Å². The summed E-state index contributed by atoms with van der Waals surface area (Å²) >= 11 is 1.39. The summed E-state index contributed by atoms with van der Waals surface area (Å²) in [6.45, 7) is 3.34. The van der Waals surface area contributed by atoms with Crippen LogP contribution in [0, 0.1) is 0 Å². The van der Waals surface area contributed by atoms with Crippen LogP contribution in [0.4, 0.5) is 11.4 Å². The molecule has 1 aliphatic heterocycles. The molecule has 5 nitrogen and oxygen atoms in total. The van der Waals surface area contributed by atoms with E-state index in [1.54, 1.807) is 6.07 Å². The van der Waals surface area contributed by atoms with Crippen molar-refractivity contribution in [1.82, 2.24) is 0 Å². The summed E-state index contributed by atoms with van der Waals surface area (Å²) < 4.78 is 8.78. The van der Waals surface area contributed by atoms with Crippen molar-refractivity contribution in [3.8, 4) is 5.75 Å². The average molecular weight is 358 g/mol. The number of benzene rings is 2. The number of carboxylic acid groups (broad SMARTS) is 1. The number of anilines is 2. The van der Waals surface area contributed by atoms with Crippen molar-refractivity contribution in [3.63, 3.8) is 0 Å². The molecule has 0 unspecified atom stereocenters. The first-order valence-corrected chi connectivity index (χ1v) is 9.29. The SMILES string of the molecule is CCCCc1ccc(NSc2cc3c(c(C(=O)O)c2)OCCN3)cc1. The molecular weight excluding hydrogens is 336 g/mol. The monoisotopic (exact) mass is 358 g/mol. The maximum atomic E-state index is 11.5. The summed E-state index contributed by atoms with van der Waals surface area (Å²) in [5, 5.41) is 12.6. The van der Waals surface area contributed by atoms with Crippen LogP contribution in [-0.4, -0.2) is 24.2 Å². The second kappa shape index (κ2) is 8.16. The lowest BCUT2D eigenvalue weighted by Gasteiger charge is -2.21. The van der Waals surface area contributed by atoms with E-state index in [2.05, 4.69) is 41.2 Å². The Bertz CT molecular complexity index is 747. The van der Waals surface area contributed by atoms with Crippen LogP contribution in [0.25, 0.3) is 0 Å². The molecule has 0 amide bonds. The Morgan fingerprint density at radius 2 is 2.12 bits per heavy atom. The Hall–Kier alpha value is -2.34. The molecule has 2 aromatic rings. The fourth-order valence-corrected chi connectivity index (χ4v) is 3.41. The van der Waals surface area contributed by atoms with Gasteiger partial charge in [-0.1, -0.05) is 25.5 Å². The van der Waals surface area contributed by atoms with Crippen molar-refractivity contribution < 1.29 is 14.6 Å². The molecule has 0 fully saturated rings. The van der Waals surface area contributed by atoms with E-state index >= 15 is 0 Å². The molecular formula is C19H22N2O3S. The number of hydrogen-bond acceptors (Lipinski definition) is 5. The number of nitrogens with one attached hydrogen (secondary N) is 2. The molecule has 0 saturated heterocycles. The van der Waals surface area contributed by atoms with Gasteiger partial charge >= 0.3 is 5.97 Å². The molecule has 3 rings (SSSR count). The van der Waals surface area contributed by atoms with Crippen molar-refractivity contribution in [2.24, 2.45) is 0 Å². The second-order valence-electron chi connectivity index (χ2n) is 5.93. The first-order valence-electron chi connectivity index (χ1n) is 8.47. The maximum Gasteiger partial charge on any atom is 0.339 e. The number of ether oxygens (including phenoxy) is 1. The predicted octanol–water partition coefficient (Wildman–Crippen LogP) is 4.65. The Morgan fingerprint density at radius 1 is 1.32 bits per heavy atom. The lowest BCUT2D eigenvalue weighted by atomic mass is 10.1. The lowest BCUT2D eigenvalue weighted by molar-refractivity contribution is 0.0692. The minimum absolute atomic E-state index is 0.184. The number of aryl methyl sites for hydroxylation is 1. The Labute approximate surface area is 151 Å². The van der Waals surface area contributed by atoms with Gasteiger partial charge in [-0.05, 0) is 54.6 Å². The lowest BCUT2D eigenvalue weighted by Crippen LogP contribution is -2.20. The minimum Gasteiger partial charge on any atom is -0.489 e. The van der Waals surface area contributed by atoms with Gasteiger partial charge in [0.15, 0.2) is 5.75 Å². The van der Waals surface area contributed by atoms with Crippen LogP contribution < -0.4 is 14.8 Å². The number of unbranched alkanes of at least 4 members (excludes halogenated alkanes) is 1. The zero-order valence-corrected chi connectivity index (χ0v) is 15.0. The molecule has 25 heavy (non-hydrogen) atoms.